The molecular weight excluding hydrogens is 280 g/mol. The van der Waals surface area contributed by atoms with Crippen LogP contribution >= 0.6 is 11.6 Å². The van der Waals surface area contributed by atoms with Crippen molar-refractivity contribution in [3.8, 4) is 5.75 Å². The normalized spacial score (nSPS) is 13.4. The van der Waals surface area contributed by atoms with E-state index in [4.69, 9.17) is 20.9 Å². The second kappa shape index (κ2) is 5.09. The molecule has 3 rings (SSSR count). The summed E-state index contributed by atoms with van der Waals surface area (Å²) in [5.74, 6) is 1.49. The minimum atomic E-state index is -0.0220. The van der Waals surface area contributed by atoms with Gasteiger partial charge in [-0.2, -0.15) is 4.98 Å². The van der Waals surface area contributed by atoms with Crippen molar-refractivity contribution in [1.29, 1.82) is 0 Å². The Bertz CT molecular complexity index is 706. The lowest BCUT2D eigenvalue weighted by Crippen LogP contribution is -2.07. The van der Waals surface area contributed by atoms with Crippen molar-refractivity contribution in [3.05, 3.63) is 40.5 Å². The summed E-state index contributed by atoms with van der Waals surface area (Å²) in [6, 6.07) is 5.41. The summed E-state index contributed by atoms with van der Waals surface area (Å²) in [7, 11) is 0. The van der Waals surface area contributed by atoms with Crippen LogP contribution in [0.2, 0.25) is 5.02 Å². The minimum absolute atomic E-state index is 0.0220. The number of ether oxygens (including phenoxy) is 1. The van der Waals surface area contributed by atoms with Crippen LogP contribution in [0.25, 0.3) is 11.6 Å². The SMILES string of the molecule is CC(=O)Cc1nc(C2=Cc3cc(Cl)ccc3OC2)no1. The molecule has 5 nitrogen and oxygen atoms in total. The maximum Gasteiger partial charge on any atom is 0.234 e. The standard InChI is InChI=1S/C14H11ClN2O3/c1-8(18)4-13-16-14(17-20-13)10-5-9-6-11(15)2-3-12(9)19-7-10/h2-3,5-6H,4,7H2,1H3. The number of halogens is 1. The number of hydrogen-bond acceptors (Lipinski definition) is 5. The van der Waals surface area contributed by atoms with Gasteiger partial charge >= 0.3 is 0 Å². The number of fused-ring (bicyclic) bond motifs is 1. The van der Waals surface area contributed by atoms with Gasteiger partial charge in [0.15, 0.2) is 0 Å². The Kier molecular flexibility index (Phi) is 3.28. The lowest BCUT2D eigenvalue weighted by molar-refractivity contribution is -0.116. The number of carbonyl (C=O) groups excluding carboxylic acids is 1. The summed E-state index contributed by atoms with van der Waals surface area (Å²) in [5, 5.41) is 4.50. The van der Waals surface area contributed by atoms with Gasteiger partial charge in [0, 0.05) is 16.2 Å². The molecule has 1 aliphatic rings. The van der Waals surface area contributed by atoms with Gasteiger partial charge in [0.25, 0.3) is 0 Å². The average molecular weight is 291 g/mol. The van der Waals surface area contributed by atoms with Gasteiger partial charge < -0.3 is 9.26 Å². The molecule has 0 atom stereocenters. The smallest absolute Gasteiger partial charge is 0.234 e. The zero-order valence-corrected chi connectivity index (χ0v) is 11.5. The number of benzene rings is 1. The van der Waals surface area contributed by atoms with Gasteiger partial charge in [-0.05, 0) is 31.2 Å². The number of rotatable bonds is 3. The Hall–Kier alpha value is -2.14. The van der Waals surface area contributed by atoms with E-state index in [1.165, 1.54) is 6.92 Å². The van der Waals surface area contributed by atoms with Crippen LogP contribution in [0.4, 0.5) is 0 Å². The van der Waals surface area contributed by atoms with Gasteiger partial charge in [0.05, 0.1) is 6.42 Å². The molecule has 20 heavy (non-hydrogen) atoms. The second-order valence-electron chi connectivity index (χ2n) is 4.53. The molecule has 1 aromatic carbocycles. The van der Waals surface area contributed by atoms with Crippen LogP contribution in [0.3, 0.4) is 0 Å². The molecule has 2 heterocycles. The van der Waals surface area contributed by atoms with Crippen LogP contribution in [-0.4, -0.2) is 22.5 Å². The minimum Gasteiger partial charge on any atom is -0.488 e. The molecule has 0 fully saturated rings. The van der Waals surface area contributed by atoms with E-state index in [9.17, 15) is 4.79 Å². The van der Waals surface area contributed by atoms with E-state index in [1.54, 1.807) is 6.07 Å². The lowest BCUT2D eigenvalue weighted by atomic mass is 10.1. The molecule has 0 unspecified atom stereocenters. The fourth-order valence-electron chi connectivity index (χ4n) is 1.95. The molecule has 0 saturated carbocycles. The lowest BCUT2D eigenvalue weighted by Gasteiger charge is -2.16. The van der Waals surface area contributed by atoms with Gasteiger partial charge in [0.1, 0.15) is 18.1 Å². The molecule has 0 saturated heterocycles. The number of ketones is 1. The van der Waals surface area contributed by atoms with E-state index in [0.717, 1.165) is 16.9 Å². The highest BCUT2D eigenvalue weighted by molar-refractivity contribution is 6.30. The molecule has 102 valence electrons. The Labute approximate surface area is 120 Å². The third kappa shape index (κ3) is 2.58. The predicted molar refractivity (Wildman–Crippen MR) is 73.5 cm³/mol. The molecule has 1 aliphatic heterocycles. The molecule has 0 bridgehead atoms. The number of nitrogens with zero attached hydrogens (tertiary/aromatic N) is 2. The van der Waals surface area contributed by atoms with Gasteiger partial charge in [-0.1, -0.05) is 16.8 Å². The van der Waals surface area contributed by atoms with Crippen LogP contribution in [-0.2, 0) is 11.2 Å². The molecule has 1 aromatic heterocycles. The van der Waals surface area contributed by atoms with Crippen molar-refractivity contribution < 1.29 is 14.1 Å². The highest BCUT2D eigenvalue weighted by atomic mass is 35.5. The molecule has 0 spiro atoms. The Morgan fingerprint density at radius 3 is 3.10 bits per heavy atom. The van der Waals surface area contributed by atoms with Crippen LogP contribution in [0.5, 0.6) is 5.75 Å². The van der Waals surface area contributed by atoms with Crippen molar-refractivity contribution in [3.63, 3.8) is 0 Å². The maximum atomic E-state index is 11.0. The Morgan fingerprint density at radius 1 is 1.45 bits per heavy atom. The third-order valence-corrected chi connectivity index (χ3v) is 3.08. The van der Waals surface area contributed by atoms with Crippen molar-refractivity contribution in [2.24, 2.45) is 0 Å². The first-order chi connectivity index (χ1) is 9.61. The van der Waals surface area contributed by atoms with Gasteiger partial charge in [-0.15, -0.1) is 0 Å². The number of hydrogen-bond donors (Lipinski definition) is 0. The molecule has 0 aliphatic carbocycles. The highest BCUT2D eigenvalue weighted by Gasteiger charge is 2.18. The Balaban J connectivity index is 1.91. The summed E-state index contributed by atoms with van der Waals surface area (Å²) >= 11 is 5.96. The van der Waals surface area contributed by atoms with Crippen molar-refractivity contribution in [1.82, 2.24) is 10.1 Å². The van der Waals surface area contributed by atoms with E-state index >= 15 is 0 Å². The topological polar surface area (TPSA) is 65.2 Å². The van der Waals surface area contributed by atoms with Crippen molar-refractivity contribution in [2.75, 3.05) is 6.61 Å². The number of Topliss-reactive ketones (excluding diaryl/α,β-unsaturated/α-hetero) is 1. The van der Waals surface area contributed by atoms with E-state index in [-0.39, 0.29) is 12.2 Å². The van der Waals surface area contributed by atoms with E-state index in [2.05, 4.69) is 10.1 Å². The van der Waals surface area contributed by atoms with Gasteiger partial charge in [-0.3, -0.25) is 4.79 Å². The molecule has 0 radical (unpaired) electrons. The summed E-state index contributed by atoms with van der Waals surface area (Å²) < 4.78 is 10.7. The van der Waals surface area contributed by atoms with Crippen LogP contribution < -0.4 is 4.74 Å². The van der Waals surface area contributed by atoms with Gasteiger partial charge in [-0.25, -0.2) is 0 Å². The second-order valence-corrected chi connectivity index (χ2v) is 4.97. The van der Waals surface area contributed by atoms with E-state index in [0.29, 0.717) is 23.3 Å². The first-order valence-corrected chi connectivity index (χ1v) is 6.45. The molecule has 6 heteroatoms. The first-order valence-electron chi connectivity index (χ1n) is 6.07. The average Bonchev–Trinajstić information content (AvgIpc) is 2.85. The highest BCUT2D eigenvalue weighted by Crippen LogP contribution is 2.31. The molecule has 0 N–H and O–H groups in total. The largest absolute Gasteiger partial charge is 0.488 e. The van der Waals surface area contributed by atoms with Crippen molar-refractivity contribution in [2.45, 2.75) is 13.3 Å². The zero-order valence-electron chi connectivity index (χ0n) is 10.7. The van der Waals surface area contributed by atoms with E-state index < -0.39 is 0 Å². The van der Waals surface area contributed by atoms with Gasteiger partial charge in [0.2, 0.25) is 11.7 Å². The quantitative estimate of drug-likeness (QED) is 0.869. The van der Waals surface area contributed by atoms with E-state index in [1.807, 2.05) is 18.2 Å². The maximum absolute atomic E-state index is 11.0. The zero-order chi connectivity index (χ0) is 14.1. The van der Waals surface area contributed by atoms with Crippen LogP contribution in [0.15, 0.2) is 22.7 Å². The molecule has 0 amide bonds. The number of aromatic nitrogens is 2. The predicted octanol–water partition coefficient (Wildman–Crippen LogP) is 2.79. The molecular formula is C14H11ClN2O3. The summed E-state index contributed by atoms with van der Waals surface area (Å²) in [6.45, 7) is 1.83. The summed E-state index contributed by atoms with van der Waals surface area (Å²) in [5.41, 5.74) is 1.66. The fourth-order valence-corrected chi connectivity index (χ4v) is 2.13. The monoisotopic (exact) mass is 290 g/mol. The summed E-state index contributed by atoms with van der Waals surface area (Å²) in [6.07, 6.45) is 2.05. The van der Waals surface area contributed by atoms with Crippen LogP contribution in [0.1, 0.15) is 24.2 Å². The fraction of sp³-hybridized carbons (Fsp3) is 0.214. The first kappa shape index (κ1) is 12.9. The molecule has 2 aromatic rings. The van der Waals surface area contributed by atoms with Crippen molar-refractivity contribution >= 4 is 29.0 Å². The summed E-state index contributed by atoms with van der Waals surface area (Å²) in [4.78, 5) is 15.2. The van der Waals surface area contributed by atoms with Crippen LogP contribution in [0, 0.1) is 0 Å². The Morgan fingerprint density at radius 2 is 2.30 bits per heavy atom. The number of carbonyl (C=O) groups is 1. The third-order valence-electron chi connectivity index (χ3n) is 2.84.